The van der Waals surface area contributed by atoms with Crippen molar-refractivity contribution in [1.82, 2.24) is 0 Å². The zero-order chi connectivity index (χ0) is 12.5. The molecular weight excluding hydrogens is 228 g/mol. The van der Waals surface area contributed by atoms with Crippen LogP contribution in [-0.4, -0.2) is 68.4 Å². The van der Waals surface area contributed by atoms with Crippen LogP contribution >= 0.6 is 0 Å². The fourth-order valence-electron chi connectivity index (χ4n) is 1.20. The van der Waals surface area contributed by atoms with Crippen LogP contribution in [0.25, 0.3) is 0 Å². The Morgan fingerprint density at radius 3 is 2.06 bits per heavy atom. The number of aliphatic hydroxyl groups is 4. The molecule has 9 heteroatoms. The molecule has 0 aromatic carbocycles. The van der Waals surface area contributed by atoms with E-state index in [1.165, 1.54) is 0 Å². The van der Waals surface area contributed by atoms with Gasteiger partial charge >= 0.3 is 12.1 Å². The summed E-state index contributed by atoms with van der Waals surface area (Å²) in [4.78, 5) is 21.1. The monoisotopic (exact) mass is 238 g/mol. The lowest BCUT2D eigenvalue weighted by molar-refractivity contribution is -0.279. The van der Waals surface area contributed by atoms with Gasteiger partial charge in [-0.1, -0.05) is 0 Å². The van der Waals surface area contributed by atoms with Crippen molar-refractivity contribution in [3.8, 4) is 0 Å². The molecule has 0 amide bonds. The molecular formula is C7H10O9. The fourth-order valence-corrected chi connectivity index (χ4v) is 1.20. The Bertz CT molecular complexity index is 290. The summed E-state index contributed by atoms with van der Waals surface area (Å²) in [5.41, 5.74) is 0. The van der Waals surface area contributed by atoms with E-state index in [1.807, 2.05) is 0 Å². The lowest BCUT2D eigenvalue weighted by atomic mass is 9.99. The van der Waals surface area contributed by atoms with E-state index in [1.54, 1.807) is 0 Å². The van der Waals surface area contributed by atoms with Gasteiger partial charge in [0.1, 0.15) is 18.3 Å². The third-order valence-corrected chi connectivity index (χ3v) is 2.01. The minimum absolute atomic E-state index is 1.50. The molecule has 0 saturated carbocycles. The minimum Gasteiger partial charge on any atom is -0.449 e. The van der Waals surface area contributed by atoms with Crippen molar-refractivity contribution >= 4 is 12.1 Å². The van der Waals surface area contributed by atoms with Crippen LogP contribution in [0.1, 0.15) is 0 Å². The predicted octanol–water partition coefficient (Wildman–Crippen LogP) is -2.99. The van der Waals surface area contributed by atoms with Crippen LogP contribution < -0.4 is 0 Å². The minimum atomic E-state index is -1.93. The highest BCUT2D eigenvalue weighted by Gasteiger charge is 2.47. The van der Waals surface area contributed by atoms with Crippen molar-refractivity contribution in [1.29, 1.82) is 0 Å². The molecule has 1 aliphatic heterocycles. The molecule has 0 aliphatic carbocycles. The average molecular weight is 238 g/mol. The molecule has 16 heavy (non-hydrogen) atoms. The summed E-state index contributed by atoms with van der Waals surface area (Å²) in [6.07, 6.45) is -11.3. The molecule has 1 rings (SSSR count). The summed E-state index contributed by atoms with van der Waals surface area (Å²) in [7, 11) is 0. The Labute approximate surface area is 88.4 Å². The van der Waals surface area contributed by atoms with Gasteiger partial charge in [-0.3, -0.25) is 0 Å². The van der Waals surface area contributed by atoms with E-state index in [0.717, 1.165) is 0 Å². The van der Waals surface area contributed by atoms with E-state index in [2.05, 4.69) is 9.47 Å². The first-order valence-electron chi connectivity index (χ1n) is 4.17. The Balaban J connectivity index is 2.73. The molecule has 5 atom stereocenters. The van der Waals surface area contributed by atoms with Crippen molar-refractivity contribution in [2.24, 2.45) is 0 Å². The Kier molecular flexibility index (Phi) is 3.78. The van der Waals surface area contributed by atoms with Crippen molar-refractivity contribution in [2.45, 2.75) is 30.7 Å². The third-order valence-electron chi connectivity index (χ3n) is 2.01. The molecule has 0 spiro atoms. The van der Waals surface area contributed by atoms with Gasteiger partial charge in [0.25, 0.3) is 0 Å². The summed E-state index contributed by atoms with van der Waals surface area (Å²) in [6.45, 7) is 0. The second kappa shape index (κ2) is 4.72. The standard InChI is InChI=1S/C7H10O9/c8-1-2(9)4(6(12)16-7(13)14)15-5(11)3(1)10/h1-5,8-11H,(H,13,14)/t1-,2-,3+,4-,5+/m0/s1. The van der Waals surface area contributed by atoms with Gasteiger partial charge in [-0.2, -0.15) is 0 Å². The van der Waals surface area contributed by atoms with Gasteiger partial charge in [0.05, 0.1) is 0 Å². The van der Waals surface area contributed by atoms with Crippen molar-refractivity contribution in [3.05, 3.63) is 0 Å². The smallest absolute Gasteiger partial charge is 0.449 e. The van der Waals surface area contributed by atoms with E-state index in [9.17, 15) is 19.8 Å². The van der Waals surface area contributed by atoms with Gasteiger partial charge in [-0.25, -0.2) is 9.59 Å². The Morgan fingerprint density at radius 1 is 1.00 bits per heavy atom. The second-order valence-corrected chi connectivity index (χ2v) is 3.11. The highest BCUT2D eigenvalue weighted by Crippen LogP contribution is 2.20. The highest BCUT2D eigenvalue weighted by molar-refractivity contribution is 5.84. The molecule has 0 radical (unpaired) electrons. The number of carbonyl (C=O) groups is 2. The van der Waals surface area contributed by atoms with Crippen LogP contribution in [-0.2, 0) is 14.3 Å². The lowest BCUT2D eigenvalue weighted by Gasteiger charge is -2.36. The SMILES string of the molecule is O=C(O)OC(=O)[C@H]1O[C@@H](O)[C@H](O)[C@@H](O)[C@@H]1O. The zero-order valence-electron chi connectivity index (χ0n) is 7.76. The number of rotatable bonds is 1. The molecule has 5 N–H and O–H groups in total. The van der Waals surface area contributed by atoms with E-state index in [-0.39, 0.29) is 0 Å². The molecule has 0 bridgehead atoms. The maximum Gasteiger partial charge on any atom is 0.513 e. The normalized spacial score (nSPS) is 39.1. The summed E-state index contributed by atoms with van der Waals surface area (Å²) in [5.74, 6) is -1.50. The topological polar surface area (TPSA) is 154 Å². The zero-order valence-corrected chi connectivity index (χ0v) is 7.76. The number of esters is 1. The van der Waals surface area contributed by atoms with E-state index in [4.69, 9.17) is 15.3 Å². The van der Waals surface area contributed by atoms with Crippen LogP contribution in [0.4, 0.5) is 4.79 Å². The largest absolute Gasteiger partial charge is 0.513 e. The average Bonchev–Trinajstić information content (AvgIpc) is 2.19. The highest BCUT2D eigenvalue weighted by atomic mass is 16.7. The molecule has 1 aliphatic rings. The summed E-state index contributed by atoms with van der Waals surface area (Å²) >= 11 is 0. The quantitative estimate of drug-likeness (QED) is 0.237. The first-order valence-corrected chi connectivity index (χ1v) is 4.17. The summed E-state index contributed by atoms with van der Waals surface area (Å²) in [5, 5.41) is 44.6. The predicted molar refractivity (Wildman–Crippen MR) is 43.0 cm³/mol. The van der Waals surface area contributed by atoms with Crippen LogP contribution in [0.2, 0.25) is 0 Å². The van der Waals surface area contributed by atoms with Gasteiger partial charge in [0, 0.05) is 0 Å². The lowest BCUT2D eigenvalue weighted by Crippen LogP contribution is -2.60. The van der Waals surface area contributed by atoms with Crippen LogP contribution in [0, 0.1) is 0 Å². The van der Waals surface area contributed by atoms with Crippen molar-refractivity contribution in [3.63, 3.8) is 0 Å². The van der Waals surface area contributed by atoms with Gasteiger partial charge in [0.15, 0.2) is 12.4 Å². The molecule has 1 saturated heterocycles. The Hall–Kier alpha value is -1.26. The van der Waals surface area contributed by atoms with Gasteiger partial charge in [-0.05, 0) is 0 Å². The van der Waals surface area contributed by atoms with Crippen molar-refractivity contribution < 1.29 is 44.6 Å². The number of hydrogen-bond acceptors (Lipinski definition) is 8. The van der Waals surface area contributed by atoms with E-state index >= 15 is 0 Å². The number of ether oxygens (including phenoxy) is 2. The van der Waals surface area contributed by atoms with Gasteiger partial charge < -0.3 is 35.0 Å². The molecule has 0 unspecified atom stereocenters. The van der Waals surface area contributed by atoms with Crippen LogP contribution in [0.15, 0.2) is 0 Å². The van der Waals surface area contributed by atoms with Gasteiger partial charge in [0.2, 0.25) is 0 Å². The summed E-state index contributed by atoms with van der Waals surface area (Å²) < 4.78 is 8.08. The molecule has 9 nitrogen and oxygen atoms in total. The molecule has 1 fully saturated rings. The van der Waals surface area contributed by atoms with E-state index in [0.29, 0.717) is 0 Å². The second-order valence-electron chi connectivity index (χ2n) is 3.11. The van der Waals surface area contributed by atoms with Crippen molar-refractivity contribution in [2.75, 3.05) is 0 Å². The van der Waals surface area contributed by atoms with Crippen LogP contribution in [0.3, 0.4) is 0 Å². The number of carbonyl (C=O) groups excluding carboxylic acids is 1. The number of aliphatic hydroxyl groups excluding tert-OH is 4. The summed E-state index contributed by atoms with van der Waals surface area (Å²) in [6, 6.07) is 0. The number of hydrogen-bond donors (Lipinski definition) is 5. The molecule has 92 valence electrons. The van der Waals surface area contributed by atoms with E-state index < -0.39 is 42.8 Å². The fraction of sp³-hybridized carbons (Fsp3) is 0.714. The molecule has 0 aromatic rings. The molecule has 0 aromatic heterocycles. The third kappa shape index (κ3) is 2.46. The first kappa shape index (κ1) is 12.8. The van der Waals surface area contributed by atoms with Gasteiger partial charge in [-0.15, -0.1) is 0 Å². The van der Waals surface area contributed by atoms with Crippen LogP contribution in [0.5, 0.6) is 0 Å². The Morgan fingerprint density at radius 2 is 1.56 bits per heavy atom. The maximum absolute atomic E-state index is 11.0. The molecule has 1 heterocycles. The first-order chi connectivity index (χ1) is 7.34. The number of carboxylic acid groups (broad SMARTS) is 1. The maximum atomic E-state index is 11.0.